The zero-order valence-corrected chi connectivity index (χ0v) is 30.3. The first kappa shape index (κ1) is 38.2. The first-order chi connectivity index (χ1) is 24.0. The summed E-state index contributed by atoms with van der Waals surface area (Å²) >= 11 is 0.778. The molecule has 51 heavy (non-hydrogen) atoms. The molecule has 2 aromatic heterocycles. The summed E-state index contributed by atoms with van der Waals surface area (Å²) in [6, 6.07) is 4.44. The van der Waals surface area contributed by atoms with Gasteiger partial charge in [-0.05, 0) is 96.6 Å². The number of methoxy groups -OCH3 is 1. The van der Waals surface area contributed by atoms with E-state index in [4.69, 9.17) is 9.72 Å². The number of piperidine rings is 1. The predicted octanol–water partition coefficient (Wildman–Crippen LogP) is 7.12. The van der Waals surface area contributed by atoms with E-state index < -0.39 is 59.9 Å². The van der Waals surface area contributed by atoms with E-state index in [0.29, 0.717) is 42.5 Å². The molecule has 10 nitrogen and oxygen atoms in total. The maximum Gasteiger partial charge on any atom is 0.204 e. The number of hydrogen-bond donors (Lipinski definition) is 2. The smallest absolute Gasteiger partial charge is 0.204 e. The van der Waals surface area contributed by atoms with Crippen LogP contribution in [-0.4, -0.2) is 74.3 Å². The van der Waals surface area contributed by atoms with Gasteiger partial charge >= 0.3 is 0 Å². The molecule has 276 valence electrons. The molecule has 18 heteroatoms. The van der Waals surface area contributed by atoms with Gasteiger partial charge in [0.25, 0.3) is 0 Å². The zero-order valence-electron chi connectivity index (χ0n) is 28.7. The number of nitrogens with one attached hydrogen (secondary N) is 2. The van der Waals surface area contributed by atoms with E-state index in [-0.39, 0.29) is 15.9 Å². The fourth-order valence-corrected chi connectivity index (χ4v) is 8.12. The molecular formula is C33H37F6N7O3S2. The normalized spacial score (nSPS) is 14.4. The van der Waals surface area contributed by atoms with E-state index in [0.717, 1.165) is 69.2 Å². The standard InChI is InChI=1S/C33H37F6N7O3S2/c1-17-15-22(44-43-17)40-30-29(49-6)31(46-13-10-18(11-14-46)9-12-45(4)5)42-32(41-30)50-21-8-7-19(16-20(21)34)51(47,48)33(2,3)23-24(35)26(37)28(39)27(38)25(23)36/h7-8,15-16,18H,9-14H2,1-6H3,(H2,40,41,42,43,44). The number of H-pyrrole nitrogens is 1. The van der Waals surface area contributed by atoms with Crippen molar-refractivity contribution in [1.82, 2.24) is 25.1 Å². The number of nitrogens with zero attached hydrogens (tertiary/aromatic N) is 5. The third-order valence-corrected chi connectivity index (χ3v) is 12.1. The summed E-state index contributed by atoms with van der Waals surface area (Å²) in [5.41, 5.74) is -0.786. The highest BCUT2D eigenvalue weighted by Crippen LogP contribution is 2.43. The Labute approximate surface area is 295 Å². The molecule has 0 amide bonds. The molecule has 0 atom stereocenters. The molecule has 0 bridgehead atoms. The van der Waals surface area contributed by atoms with E-state index in [9.17, 15) is 30.4 Å². The summed E-state index contributed by atoms with van der Waals surface area (Å²) < 4.78 is 117. The number of hydrogen-bond acceptors (Lipinski definition) is 10. The van der Waals surface area contributed by atoms with Crippen LogP contribution in [0.5, 0.6) is 5.75 Å². The number of rotatable bonds is 12. The quantitative estimate of drug-likeness (QED) is 0.0670. The van der Waals surface area contributed by atoms with Crippen LogP contribution in [0.4, 0.5) is 43.8 Å². The van der Waals surface area contributed by atoms with Crippen molar-refractivity contribution in [3.63, 3.8) is 0 Å². The lowest BCUT2D eigenvalue weighted by atomic mass is 9.93. The van der Waals surface area contributed by atoms with Gasteiger partial charge in [0.1, 0.15) is 10.6 Å². The number of aryl methyl sites for hydroxylation is 1. The van der Waals surface area contributed by atoms with Gasteiger partial charge in [-0.2, -0.15) is 5.10 Å². The van der Waals surface area contributed by atoms with Crippen molar-refractivity contribution in [2.45, 2.75) is 59.7 Å². The second-order valence-corrected chi connectivity index (χ2v) is 16.5. The highest BCUT2D eigenvalue weighted by molar-refractivity contribution is 7.99. The van der Waals surface area contributed by atoms with Crippen molar-refractivity contribution in [2.75, 3.05) is 51.1 Å². The molecule has 4 aromatic rings. The van der Waals surface area contributed by atoms with E-state index >= 15 is 4.39 Å². The van der Waals surface area contributed by atoms with Gasteiger partial charge < -0.3 is 19.9 Å². The van der Waals surface area contributed by atoms with Crippen LogP contribution < -0.4 is 15.0 Å². The van der Waals surface area contributed by atoms with Crippen LogP contribution in [0.2, 0.25) is 0 Å². The summed E-state index contributed by atoms with van der Waals surface area (Å²) in [7, 11) is 0.606. The summed E-state index contributed by atoms with van der Waals surface area (Å²) in [4.78, 5) is 12.6. The molecule has 5 rings (SSSR count). The maximum absolute atomic E-state index is 15.7. The van der Waals surface area contributed by atoms with Crippen LogP contribution in [0.15, 0.2) is 39.2 Å². The van der Waals surface area contributed by atoms with Crippen molar-refractivity contribution < 1.29 is 39.5 Å². The molecule has 1 aliphatic rings. The molecule has 2 N–H and O–H groups in total. The highest BCUT2D eigenvalue weighted by Gasteiger charge is 2.45. The van der Waals surface area contributed by atoms with E-state index in [2.05, 4.69) is 30.3 Å². The number of anilines is 3. The van der Waals surface area contributed by atoms with Crippen molar-refractivity contribution in [3.8, 4) is 5.75 Å². The summed E-state index contributed by atoms with van der Waals surface area (Å²) in [6.45, 7) is 5.69. The highest BCUT2D eigenvalue weighted by atomic mass is 32.2. The Bertz CT molecular complexity index is 2010. The number of aromatic amines is 1. The van der Waals surface area contributed by atoms with E-state index in [1.807, 2.05) is 21.0 Å². The third-order valence-electron chi connectivity index (χ3n) is 8.78. The molecule has 0 spiro atoms. The maximum atomic E-state index is 15.7. The minimum atomic E-state index is -4.94. The largest absolute Gasteiger partial charge is 0.490 e. The Hall–Kier alpha value is -4.03. The summed E-state index contributed by atoms with van der Waals surface area (Å²) in [6.07, 6.45) is 2.88. The zero-order chi connectivity index (χ0) is 37.4. The minimum Gasteiger partial charge on any atom is -0.490 e. The van der Waals surface area contributed by atoms with Gasteiger partial charge in [0.05, 0.1) is 22.5 Å². The van der Waals surface area contributed by atoms with Crippen molar-refractivity contribution in [2.24, 2.45) is 5.92 Å². The van der Waals surface area contributed by atoms with Crippen LogP contribution in [0.25, 0.3) is 0 Å². The third kappa shape index (κ3) is 7.62. The molecule has 0 radical (unpaired) electrons. The van der Waals surface area contributed by atoms with Gasteiger partial charge in [-0.1, -0.05) is 0 Å². The molecule has 1 fully saturated rings. The van der Waals surface area contributed by atoms with Crippen LogP contribution in [0.1, 0.15) is 44.4 Å². The molecule has 1 saturated heterocycles. The molecule has 0 unspecified atom stereocenters. The molecule has 3 heterocycles. The Morgan fingerprint density at radius 3 is 2.18 bits per heavy atom. The SMILES string of the molecule is COc1c(Nc2cc(C)[nH]n2)nc(Sc2ccc(S(=O)(=O)C(C)(C)c3c(F)c(F)c(F)c(F)c3F)cc2F)nc1N1CCC(CCN(C)C)CC1. The minimum absolute atomic E-state index is 0.0755. The van der Waals surface area contributed by atoms with Crippen LogP contribution in [0, 0.1) is 47.7 Å². The van der Waals surface area contributed by atoms with Gasteiger partial charge in [0.15, 0.2) is 55.7 Å². The van der Waals surface area contributed by atoms with Crippen LogP contribution >= 0.6 is 11.8 Å². The Balaban J connectivity index is 1.48. The molecular weight excluding hydrogens is 721 g/mol. The lowest BCUT2D eigenvalue weighted by Crippen LogP contribution is -2.35. The lowest BCUT2D eigenvalue weighted by molar-refractivity contribution is 0.311. The fraction of sp³-hybridized carbons (Fsp3) is 0.424. The fourth-order valence-electron chi connectivity index (χ4n) is 5.82. The Morgan fingerprint density at radius 2 is 1.63 bits per heavy atom. The van der Waals surface area contributed by atoms with Crippen molar-refractivity contribution in [3.05, 3.63) is 70.4 Å². The lowest BCUT2D eigenvalue weighted by Gasteiger charge is -2.34. The van der Waals surface area contributed by atoms with E-state index in [1.54, 1.807) is 6.07 Å². The number of ether oxygens (including phenoxy) is 1. The summed E-state index contributed by atoms with van der Waals surface area (Å²) in [5.74, 6) is -10.7. The molecule has 0 aliphatic carbocycles. The summed E-state index contributed by atoms with van der Waals surface area (Å²) in [5, 5.41) is 10.2. The topological polar surface area (TPSA) is 116 Å². The van der Waals surface area contributed by atoms with Crippen molar-refractivity contribution in [1.29, 1.82) is 0 Å². The van der Waals surface area contributed by atoms with Gasteiger partial charge in [-0.25, -0.2) is 44.7 Å². The van der Waals surface area contributed by atoms with Crippen LogP contribution in [-0.2, 0) is 14.6 Å². The molecule has 2 aromatic carbocycles. The Kier molecular flexibility index (Phi) is 11.2. The monoisotopic (exact) mass is 757 g/mol. The average Bonchev–Trinajstić information content (AvgIpc) is 3.50. The average molecular weight is 758 g/mol. The van der Waals surface area contributed by atoms with Gasteiger partial charge in [-0.15, -0.1) is 0 Å². The van der Waals surface area contributed by atoms with Gasteiger partial charge in [0, 0.05) is 24.8 Å². The van der Waals surface area contributed by atoms with E-state index in [1.165, 1.54) is 7.11 Å². The number of benzene rings is 2. The molecule has 1 aliphatic heterocycles. The van der Waals surface area contributed by atoms with Crippen LogP contribution in [0.3, 0.4) is 0 Å². The molecule has 0 saturated carbocycles. The number of sulfone groups is 1. The second kappa shape index (κ2) is 14.9. The van der Waals surface area contributed by atoms with Gasteiger partial charge in [-0.3, -0.25) is 5.10 Å². The number of halogens is 6. The number of aromatic nitrogens is 4. The predicted molar refractivity (Wildman–Crippen MR) is 180 cm³/mol. The first-order valence-electron chi connectivity index (χ1n) is 15.8. The second-order valence-electron chi connectivity index (χ2n) is 12.9. The van der Waals surface area contributed by atoms with Gasteiger partial charge in [0.2, 0.25) is 11.6 Å². The Morgan fingerprint density at radius 1 is 1.00 bits per heavy atom. The van der Waals surface area contributed by atoms with Crippen molar-refractivity contribution >= 4 is 39.1 Å². The first-order valence-corrected chi connectivity index (χ1v) is 18.1.